The topological polar surface area (TPSA) is 48.1 Å². The summed E-state index contributed by atoms with van der Waals surface area (Å²) in [6.07, 6.45) is 6.03. The zero-order chi connectivity index (χ0) is 14.8. The van der Waals surface area contributed by atoms with Gasteiger partial charge in [-0.1, -0.05) is 0 Å². The maximum Gasteiger partial charge on any atom is 0.0558 e. The Morgan fingerprint density at radius 2 is 2.19 bits per heavy atom. The van der Waals surface area contributed by atoms with E-state index in [0.717, 1.165) is 32.8 Å². The number of ether oxygens (including phenoxy) is 1. The van der Waals surface area contributed by atoms with Gasteiger partial charge < -0.3 is 4.74 Å². The number of rotatable bonds is 5. The van der Waals surface area contributed by atoms with Gasteiger partial charge in [0.15, 0.2) is 0 Å². The van der Waals surface area contributed by atoms with Gasteiger partial charge in [0.2, 0.25) is 0 Å². The Hall–Kier alpha value is -1.66. The molecule has 0 N–H and O–H groups in total. The average molecular weight is 289 g/mol. The van der Waals surface area contributed by atoms with Crippen molar-refractivity contribution in [3.8, 4) is 0 Å². The summed E-state index contributed by atoms with van der Waals surface area (Å²) in [5.41, 5.74) is 3.93. The zero-order valence-electron chi connectivity index (χ0n) is 13.0. The van der Waals surface area contributed by atoms with Gasteiger partial charge in [-0.3, -0.25) is 14.3 Å². The molecular formula is C15H23N5O. The van der Waals surface area contributed by atoms with Crippen molar-refractivity contribution >= 4 is 0 Å². The number of aryl methyl sites for hydroxylation is 2. The number of hydrogen-bond acceptors (Lipinski definition) is 4. The van der Waals surface area contributed by atoms with Gasteiger partial charge in [-0.15, -0.1) is 0 Å². The minimum atomic E-state index is 0.387. The second-order valence-electron chi connectivity index (χ2n) is 5.71. The summed E-state index contributed by atoms with van der Waals surface area (Å²) in [7, 11) is 3.73. The molecule has 114 valence electrons. The molecule has 0 aromatic carbocycles. The molecule has 0 radical (unpaired) electrons. The van der Waals surface area contributed by atoms with Crippen LogP contribution in [0.25, 0.3) is 0 Å². The molecular weight excluding hydrogens is 266 g/mol. The first-order chi connectivity index (χ1) is 10.2. The van der Waals surface area contributed by atoms with Gasteiger partial charge in [-0.05, 0) is 6.92 Å². The van der Waals surface area contributed by atoms with E-state index in [1.807, 2.05) is 24.1 Å². The van der Waals surface area contributed by atoms with Crippen LogP contribution in [0, 0.1) is 0 Å². The molecule has 1 aliphatic heterocycles. The van der Waals surface area contributed by atoms with Crippen molar-refractivity contribution in [1.82, 2.24) is 24.5 Å². The van der Waals surface area contributed by atoms with Crippen molar-refractivity contribution in [3.05, 3.63) is 35.4 Å². The van der Waals surface area contributed by atoms with E-state index in [2.05, 4.69) is 32.9 Å². The summed E-state index contributed by atoms with van der Waals surface area (Å²) in [5.74, 6) is 0.387. The van der Waals surface area contributed by atoms with Crippen molar-refractivity contribution < 1.29 is 4.74 Å². The van der Waals surface area contributed by atoms with Crippen molar-refractivity contribution in [2.24, 2.45) is 7.05 Å². The van der Waals surface area contributed by atoms with Gasteiger partial charge in [0.1, 0.15) is 0 Å². The summed E-state index contributed by atoms with van der Waals surface area (Å²) in [5, 5.41) is 8.76. The molecule has 3 heterocycles. The van der Waals surface area contributed by atoms with Crippen molar-refractivity contribution in [2.75, 3.05) is 20.3 Å². The highest BCUT2D eigenvalue weighted by Gasteiger charge is 2.29. The lowest BCUT2D eigenvalue weighted by Gasteiger charge is -2.32. The van der Waals surface area contributed by atoms with E-state index in [0.29, 0.717) is 5.92 Å². The molecule has 0 bridgehead atoms. The molecule has 2 aromatic heterocycles. The van der Waals surface area contributed by atoms with Gasteiger partial charge in [-0.25, -0.2) is 0 Å². The third-order valence-electron chi connectivity index (χ3n) is 4.05. The van der Waals surface area contributed by atoms with E-state index in [1.54, 1.807) is 7.11 Å². The van der Waals surface area contributed by atoms with Gasteiger partial charge in [-0.2, -0.15) is 10.2 Å². The van der Waals surface area contributed by atoms with Crippen LogP contribution < -0.4 is 0 Å². The average Bonchev–Trinajstić information content (AvgIpc) is 3.05. The molecule has 6 nitrogen and oxygen atoms in total. The molecule has 0 saturated heterocycles. The molecule has 21 heavy (non-hydrogen) atoms. The first-order valence-corrected chi connectivity index (χ1v) is 7.44. The minimum absolute atomic E-state index is 0.387. The maximum atomic E-state index is 5.43. The van der Waals surface area contributed by atoms with Crippen LogP contribution in [0.2, 0.25) is 0 Å². The summed E-state index contributed by atoms with van der Waals surface area (Å²) in [6.45, 7) is 6.66. The fourth-order valence-electron chi connectivity index (χ4n) is 3.25. The van der Waals surface area contributed by atoms with Gasteiger partial charge in [0.25, 0.3) is 0 Å². The van der Waals surface area contributed by atoms with Gasteiger partial charge in [0, 0.05) is 69.3 Å². The molecule has 6 heteroatoms. The highest BCUT2D eigenvalue weighted by Crippen LogP contribution is 2.29. The monoisotopic (exact) mass is 289 g/mol. The van der Waals surface area contributed by atoms with E-state index < -0.39 is 0 Å². The Balaban J connectivity index is 1.80. The zero-order valence-corrected chi connectivity index (χ0v) is 13.0. The second kappa shape index (κ2) is 5.99. The summed E-state index contributed by atoms with van der Waals surface area (Å²) < 4.78 is 9.39. The maximum absolute atomic E-state index is 5.43. The number of nitrogens with zero attached hydrogens (tertiary/aromatic N) is 5. The summed E-state index contributed by atoms with van der Waals surface area (Å²) in [6, 6.07) is 0. The normalized spacial score (nSPS) is 18.9. The molecule has 0 amide bonds. The molecule has 1 unspecified atom stereocenters. The Morgan fingerprint density at radius 1 is 1.33 bits per heavy atom. The molecule has 1 aliphatic rings. The lowest BCUT2D eigenvalue weighted by Crippen LogP contribution is -2.35. The van der Waals surface area contributed by atoms with Crippen LogP contribution in [0.3, 0.4) is 0 Å². The van der Waals surface area contributed by atoms with Gasteiger partial charge in [0.05, 0.1) is 19.0 Å². The Morgan fingerprint density at radius 3 is 2.86 bits per heavy atom. The van der Waals surface area contributed by atoms with E-state index in [9.17, 15) is 0 Å². The Bertz CT molecular complexity index is 603. The molecule has 0 spiro atoms. The van der Waals surface area contributed by atoms with Crippen molar-refractivity contribution in [1.29, 1.82) is 0 Å². The van der Waals surface area contributed by atoms with E-state index in [4.69, 9.17) is 4.74 Å². The lowest BCUT2D eigenvalue weighted by molar-refractivity contribution is 0.132. The minimum Gasteiger partial charge on any atom is -0.384 e. The standard InChI is InChI=1S/C15H23N5O/c1-4-20-15-13(6-17-20)9-19(10-14(15)11-21-3)8-12-5-16-18(2)7-12/h5-7,14H,4,8-11H2,1-3H3. The van der Waals surface area contributed by atoms with E-state index >= 15 is 0 Å². The first-order valence-electron chi connectivity index (χ1n) is 7.44. The quantitative estimate of drug-likeness (QED) is 0.834. The fraction of sp³-hybridized carbons (Fsp3) is 0.600. The number of aromatic nitrogens is 4. The number of hydrogen-bond donors (Lipinski definition) is 0. The van der Waals surface area contributed by atoms with Crippen LogP contribution in [0.15, 0.2) is 18.6 Å². The van der Waals surface area contributed by atoms with Crippen molar-refractivity contribution in [2.45, 2.75) is 32.5 Å². The third-order valence-corrected chi connectivity index (χ3v) is 4.05. The molecule has 0 saturated carbocycles. The first kappa shape index (κ1) is 14.3. The van der Waals surface area contributed by atoms with Crippen LogP contribution in [0.4, 0.5) is 0 Å². The van der Waals surface area contributed by atoms with Crippen LogP contribution >= 0.6 is 0 Å². The smallest absolute Gasteiger partial charge is 0.0558 e. The van der Waals surface area contributed by atoms with Crippen LogP contribution in [-0.2, 0) is 31.4 Å². The lowest BCUT2D eigenvalue weighted by atomic mass is 9.96. The molecule has 3 rings (SSSR count). The molecule has 2 aromatic rings. The summed E-state index contributed by atoms with van der Waals surface area (Å²) >= 11 is 0. The van der Waals surface area contributed by atoms with Gasteiger partial charge >= 0.3 is 0 Å². The SMILES string of the molecule is CCn1ncc2c1C(COC)CN(Cc1cnn(C)c1)C2. The molecule has 1 atom stereocenters. The highest BCUT2D eigenvalue weighted by molar-refractivity contribution is 5.26. The van der Waals surface area contributed by atoms with E-state index in [1.165, 1.54) is 16.8 Å². The Kier molecular flexibility index (Phi) is 4.07. The Labute approximate surface area is 125 Å². The summed E-state index contributed by atoms with van der Waals surface area (Å²) in [4.78, 5) is 2.45. The predicted molar refractivity (Wildman–Crippen MR) is 79.8 cm³/mol. The number of fused-ring (bicyclic) bond motifs is 1. The predicted octanol–water partition coefficient (Wildman–Crippen LogP) is 1.38. The highest BCUT2D eigenvalue weighted by atomic mass is 16.5. The van der Waals surface area contributed by atoms with Crippen molar-refractivity contribution in [3.63, 3.8) is 0 Å². The number of methoxy groups -OCH3 is 1. The molecule has 0 aliphatic carbocycles. The van der Waals surface area contributed by atoms with Crippen LogP contribution in [-0.4, -0.2) is 44.7 Å². The fourth-order valence-corrected chi connectivity index (χ4v) is 3.25. The second-order valence-corrected chi connectivity index (χ2v) is 5.71. The van der Waals surface area contributed by atoms with E-state index in [-0.39, 0.29) is 0 Å². The largest absolute Gasteiger partial charge is 0.384 e. The van der Waals surface area contributed by atoms with Crippen LogP contribution in [0.1, 0.15) is 29.7 Å². The molecule has 0 fully saturated rings. The van der Waals surface area contributed by atoms with Crippen LogP contribution in [0.5, 0.6) is 0 Å². The third kappa shape index (κ3) is 2.87.